The molecule has 0 radical (unpaired) electrons. The highest BCUT2D eigenvalue weighted by Crippen LogP contribution is 2.38. The first-order valence-electron chi connectivity index (χ1n) is 5.37. The molecule has 3 nitrogen and oxygen atoms in total. The molecule has 82 valence electrons. The smallest absolute Gasteiger partial charge is 0.161 e. The average Bonchev–Trinajstić information content (AvgIpc) is 2.12. The Morgan fingerprint density at radius 1 is 1.43 bits per heavy atom. The van der Waals surface area contributed by atoms with Crippen LogP contribution in [0.2, 0.25) is 0 Å². The molecule has 0 heterocycles. The number of carbonyl (C=O) groups excluding carboxylic acids is 1. The van der Waals surface area contributed by atoms with Gasteiger partial charge in [-0.1, -0.05) is 6.92 Å². The van der Waals surface area contributed by atoms with Crippen molar-refractivity contribution in [3.63, 3.8) is 0 Å². The molecule has 0 aromatic rings. The minimum Gasteiger partial charge on any atom is -0.378 e. The van der Waals surface area contributed by atoms with Crippen molar-refractivity contribution in [2.75, 3.05) is 20.3 Å². The first-order chi connectivity index (χ1) is 6.72. The summed E-state index contributed by atoms with van der Waals surface area (Å²) in [6, 6.07) is 0. The summed E-state index contributed by atoms with van der Waals surface area (Å²) in [5.74, 6) is 0.167. The molecule has 1 fully saturated rings. The third kappa shape index (κ3) is 3.07. The van der Waals surface area contributed by atoms with Crippen molar-refractivity contribution < 1.29 is 14.3 Å². The zero-order valence-electron chi connectivity index (χ0n) is 9.17. The third-order valence-electron chi connectivity index (χ3n) is 2.83. The zero-order chi connectivity index (χ0) is 10.4. The number of rotatable bonds is 7. The van der Waals surface area contributed by atoms with E-state index in [2.05, 4.69) is 0 Å². The van der Waals surface area contributed by atoms with E-state index in [0.717, 1.165) is 19.3 Å². The van der Waals surface area contributed by atoms with Crippen LogP contribution in [0.25, 0.3) is 0 Å². The summed E-state index contributed by atoms with van der Waals surface area (Å²) >= 11 is 0. The maximum atomic E-state index is 11.5. The number of ketones is 1. The first kappa shape index (κ1) is 11.7. The van der Waals surface area contributed by atoms with Crippen molar-refractivity contribution in [3.8, 4) is 0 Å². The van der Waals surface area contributed by atoms with Gasteiger partial charge in [-0.25, -0.2) is 0 Å². The second-order valence-corrected chi connectivity index (χ2v) is 4.01. The van der Waals surface area contributed by atoms with Crippen LogP contribution in [0.1, 0.15) is 39.0 Å². The Bertz CT molecular complexity index is 179. The fourth-order valence-electron chi connectivity index (χ4n) is 1.76. The van der Waals surface area contributed by atoms with Gasteiger partial charge in [0.05, 0.1) is 5.60 Å². The molecule has 1 aliphatic rings. The topological polar surface area (TPSA) is 35.5 Å². The van der Waals surface area contributed by atoms with Crippen LogP contribution in [0.3, 0.4) is 0 Å². The number of hydrogen-bond donors (Lipinski definition) is 0. The Labute approximate surface area is 85.8 Å². The zero-order valence-corrected chi connectivity index (χ0v) is 9.17. The average molecular weight is 200 g/mol. The van der Waals surface area contributed by atoms with E-state index in [1.165, 1.54) is 6.42 Å². The molecule has 0 unspecified atom stereocenters. The normalized spacial score (nSPS) is 19.0. The van der Waals surface area contributed by atoms with Crippen LogP contribution >= 0.6 is 0 Å². The van der Waals surface area contributed by atoms with Gasteiger partial charge in [0.15, 0.2) is 5.78 Å². The first-order valence-corrected chi connectivity index (χ1v) is 5.37. The highest BCUT2D eigenvalue weighted by molar-refractivity contribution is 5.80. The van der Waals surface area contributed by atoms with E-state index in [0.29, 0.717) is 13.0 Å². The number of ether oxygens (including phenoxy) is 2. The Morgan fingerprint density at radius 3 is 2.57 bits per heavy atom. The van der Waals surface area contributed by atoms with Crippen LogP contribution in [-0.4, -0.2) is 31.7 Å². The molecule has 3 heteroatoms. The fraction of sp³-hybridized carbons (Fsp3) is 0.909. The van der Waals surface area contributed by atoms with Gasteiger partial charge in [-0.3, -0.25) is 4.79 Å². The van der Waals surface area contributed by atoms with Gasteiger partial charge in [-0.2, -0.15) is 0 Å². The van der Waals surface area contributed by atoms with Crippen molar-refractivity contribution >= 4 is 5.78 Å². The summed E-state index contributed by atoms with van der Waals surface area (Å²) in [6.07, 6.45) is 4.69. The van der Waals surface area contributed by atoms with E-state index in [1.807, 2.05) is 6.92 Å². The minimum absolute atomic E-state index is 0.146. The summed E-state index contributed by atoms with van der Waals surface area (Å²) in [6.45, 7) is 2.96. The predicted molar refractivity (Wildman–Crippen MR) is 54.3 cm³/mol. The Hall–Kier alpha value is -0.410. The second kappa shape index (κ2) is 5.47. The standard InChI is InChI=1S/C11H20O3/c1-3-7-14-9-10(12)8-11(13-2)5-4-6-11/h3-9H2,1-2H3. The molecule has 0 spiro atoms. The maximum Gasteiger partial charge on any atom is 0.161 e. The van der Waals surface area contributed by atoms with Crippen molar-refractivity contribution in [3.05, 3.63) is 0 Å². The maximum absolute atomic E-state index is 11.5. The number of hydrogen-bond acceptors (Lipinski definition) is 3. The van der Waals surface area contributed by atoms with E-state index >= 15 is 0 Å². The molecule has 1 rings (SSSR count). The number of Topliss-reactive ketones (excluding diaryl/α,β-unsaturated/α-hetero) is 1. The fourth-order valence-corrected chi connectivity index (χ4v) is 1.76. The van der Waals surface area contributed by atoms with Crippen LogP contribution in [0.4, 0.5) is 0 Å². The highest BCUT2D eigenvalue weighted by Gasteiger charge is 2.38. The molecule has 0 aromatic carbocycles. The summed E-state index contributed by atoms with van der Waals surface area (Å²) in [5.41, 5.74) is -0.146. The highest BCUT2D eigenvalue weighted by atomic mass is 16.5. The van der Waals surface area contributed by atoms with Crippen molar-refractivity contribution in [2.24, 2.45) is 0 Å². The second-order valence-electron chi connectivity index (χ2n) is 4.01. The van der Waals surface area contributed by atoms with Crippen LogP contribution in [0, 0.1) is 0 Å². The van der Waals surface area contributed by atoms with Gasteiger partial charge < -0.3 is 9.47 Å². The Balaban J connectivity index is 2.18. The third-order valence-corrected chi connectivity index (χ3v) is 2.83. The molecule has 1 aliphatic carbocycles. The molecular formula is C11H20O3. The summed E-state index contributed by atoms with van der Waals surface area (Å²) in [4.78, 5) is 11.5. The van der Waals surface area contributed by atoms with E-state index in [1.54, 1.807) is 7.11 Å². The summed E-state index contributed by atoms with van der Waals surface area (Å²) in [5, 5.41) is 0. The molecular weight excluding hydrogens is 180 g/mol. The van der Waals surface area contributed by atoms with Gasteiger partial charge in [0.25, 0.3) is 0 Å². The van der Waals surface area contributed by atoms with Crippen LogP contribution in [-0.2, 0) is 14.3 Å². The molecule has 0 bridgehead atoms. The van der Waals surface area contributed by atoms with Crippen molar-refractivity contribution in [1.82, 2.24) is 0 Å². The monoisotopic (exact) mass is 200 g/mol. The van der Waals surface area contributed by atoms with E-state index in [-0.39, 0.29) is 18.0 Å². The molecule has 1 saturated carbocycles. The molecule has 0 amide bonds. The molecule has 0 atom stereocenters. The largest absolute Gasteiger partial charge is 0.378 e. The van der Waals surface area contributed by atoms with E-state index in [9.17, 15) is 4.79 Å². The number of carbonyl (C=O) groups is 1. The molecule has 0 aromatic heterocycles. The molecule has 14 heavy (non-hydrogen) atoms. The summed E-state index contributed by atoms with van der Waals surface area (Å²) < 4.78 is 10.6. The Kier molecular flexibility index (Phi) is 4.55. The number of methoxy groups -OCH3 is 1. The SMILES string of the molecule is CCCOCC(=O)CC1(OC)CCC1. The lowest BCUT2D eigenvalue weighted by Crippen LogP contribution is -2.41. The molecule has 0 saturated heterocycles. The van der Waals surface area contributed by atoms with Crippen LogP contribution in [0.5, 0.6) is 0 Å². The minimum atomic E-state index is -0.146. The van der Waals surface area contributed by atoms with Crippen molar-refractivity contribution in [2.45, 2.75) is 44.6 Å². The van der Waals surface area contributed by atoms with Gasteiger partial charge in [0.1, 0.15) is 6.61 Å². The molecule has 0 N–H and O–H groups in total. The molecule has 0 aliphatic heterocycles. The Morgan fingerprint density at radius 2 is 2.14 bits per heavy atom. The lowest BCUT2D eigenvalue weighted by Gasteiger charge is -2.39. The van der Waals surface area contributed by atoms with Gasteiger partial charge >= 0.3 is 0 Å². The van der Waals surface area contributed by atoms with Crippen molar-refractivity contribution in [1.29, 1.82) is 0 Å². The quantitative estimate of drug-likeness (QED) is 0.589. The lowest BCUT2D eigenvalue weighted by atomic mass is 9.76. The van der Waals surface area contributed by atoms with Gasteiger partial charge in [-0.05, 0) is 25.7 Å². The van der Waals surface area contributed by atoms with E-state index in [4.69, 9.17) is 9.47 Å². The summed E-state index contributed by atoms with van der Waals surface area (Å²) in [7, 11) is 1.69. The van der Waals surface area contributed by atoms with Gasteiger partial charge in [0.2, 0.25) is 0 Å². The van der Waals surface area contributed by atoms with Crippen LogP contribution in [0.15, 0.2) is 0 Å². The van der Waals surface area contributed by atoms with Gasteiger partial charge in [0, 0.05) is 20.1 Å². The van der Waals surface area contributed by atoms with E-state index < -0.39 is 0 Å². The lowest BCUT2D eigenvalue weighted by molar-refractivity contribution is -0.136. The van der Waals surface area contributed by atoms with Crippen LogP contribution < -0.4 is 0 Å². The van der Waals surface area contributed by atoms with Gasteiger partial charge in [-0.15, -0.1) is 0 Å². The predicted octanol–water partition coefficient (Wildman–Crippen LogP) is 1.94.